The second-order valence-electron chi connectivity index (χ2n) is 6.80. The first kappa shape index (κ1) is 19.8. The Morgan fingerprint density at radius 3 is 2.81 bits per heavy atom. The predicted molar refractivity (Wildman–Crippen MR) is 111 cm³/mol. The second kappa shape index (κ2) is 8.80. The summed E-state index contributed by atoms with van der Waals surface area (Å²) in [6.07, 6.45) is 3.68. The lowest BCUT2D eigenvalue weighted by atomic mass is 9.88. The van der Waals surface area contributed by atoms with Crippen molar-refractivity contribution in [1.82, 2.24) is 5.32 Å². The number of esters is 1. The minimum absolute atomic E-state index is 0.241. The molecule has 2 aromatic rings. The van der Waals surface area contributed by atoms with E-state index in [2.05, 4.69) is 17.6 Å². The van der Waals surface area contributed by atoms with Gasteiger partial charge in [0.15, 0.2) is 5.11 Å². The number of ether oxygens (including phenoxy) is 1. The van der Waals surface area contributed by atoms with Crippen molar-refractivity contribution < 1.29 is 13.9 Å². The molecule has 3 rings (SSSR count). The SMILES string of the molecule is COC(=O)c1c(NC(=S)NCCc2ccc(F)cc2)sc2c1CCC(C)C2. The Hall–Kier alpha value is -1.99. The minimum Gasteiger partial charge on any atom is -0.465 e. The highest BCUT2D eigenvalue weighted by atomic mass is 32.1. The molecule has 0 saturated heterocycles. The molecule has 1 aromatic heterocycles. The second-order valence-corrected chi connectivity index (χ2v) is 8.32. The lowest BCUT2D eigenvalue weighted by molar-refractivity contribution is 0.0601. The molecule has 1 aromatic carbocycles. The summed E-state index contributed by atoms with van der Waals surface area (Å²) in [5.74, 6) is 0.0594. The van der Waals surface area contributed by atoms with Gasteiger partial charge in [-0.25, -0.2) is 9.18 Å². The fraction of sp³-hybridized carbons (Fsp3) is 0.400. The number of thiocarbonyl (C=S) groups is 1. The summed E-state index contributed by atoms with van der Waals surface area (Å²) in [6, 6.07) is 6.42. The van der Waals surface area contributed by atoms with Crippen LogP contribution in [0.3, 0.4) is 0 Å². The molecule has 0 amide bonds. The van der Waals surface area contributed by atoms with Gasteiger partial charge in [0.05, 0.1) is 12.7 Å². The Kier molecular flexibility index (Phi) is 6.44. The van der Waals surface area contributed by atoms with Crippen molar-refractivity contribution in [3.63, 3.8) is 0 Å². The molecular weight excluding hydrogens is 383 g/mol. The maximum atomic E-state index is 13.0. The topological polar surface area (TPSA) is 50.4 Å². The molecule has 1 heterocycles. The zero-order valence-electron chi connectivity index (χ0n) is 15.4. The Morgan fingerprint density at radius 1 is 1.37 bits per heavy atom. The summed E-state index contributed by atoms with van der Waals surface area (Å²) >= 11 is 6.98. The van der Waals surface area contributed by atoms with Gasteiger partial charge in [-0.1, -0.05) is 19.1 Å². The molecule has 4 nitrogen and oxygen atoms in total. The maximum Gasteiger partial charge on any atom is 0.341 e. The van der Waals surface area contributed by atoms with Gasteiger partial charge in [-0.15, -0.1) is 11.3 Å². The molecule has 0 saturated carbocycles. The number of carbonyl (C=O) groups excluding carboxylic acids is 1. The molecule has 27 heavy (non-hydrogen) atoms. The van der Waals surface area contributed by atoms with E-state index in [9.17, 15) is 9.18 Å². The number of carbonyl (C=O) groups is 1. The summed E-state index contributed by atoms with van der Waals surface area (Å²) in [4.78, 5) is 13.5. The van der Waals surface area contributed by atoms with Crippen molar-refractivity contribution in [3.8, 4) is 0 Å². The number of thiophene rings is 1. The zero-order chi connectivity index (χ0) is 19.4. The number of rotatable bonds is 5. The van der Waals surface area contributed by atoms with E-state index in [0.29, 0.717) is 23.1 Å². The first-order valence-corrected chi connectivity index (χ1v) is 10.2. The van der Waals surface area contributed by atoms with Crippen LogP contribution in [0.4, 0.5) is 9.39 Å². The lowest BCUT2D eigenvalue weighted by Crippen LogP contribution is -2.30. The third-order valence-electron chi connectivity index (χ3n) is 4.74. The molecule has 7 heteroatoms. The number of halogens is 1. The molecule has 1 unspecified atom stereocenters. The van der Waals surface area contributed by atoms with E-state index in [1.165, 1.54) is 24.1 Å². The van der Waals surface area contributed by atoms with Crippen LogP contribution in [-0.4, -0.2) is 24.7 Å². The van der Waals surface area contributed by atoms with Crippen LogP contribution in [0.15, 0.2) is 24.3 Å². The number of benzene rings is 1. The molecule has 0 radical (unpaired) electrons. The predicted octanol–water partition coefficient (Wildman–Crippen LogP) is 4.33. The van der Waals surface area contributed by atoms with Gasteiger partial charge < -0.3 is 15.4 Å². The Bertz CT molecular complexity index is 833. The van der Waals surface area contributed by atoms with E-state index >= 15 is 0 Å². The molecule has 0 fully saturated rings. The third kappa shape index (κ3) is 4.84. The van der Waals surface area contributed by atoms with Crippen molar-refractivity contribution in [3.05, 3.63) is 51.7 Å². The van der Waals surface area contributed by atoms with Crippen LogP contribution in [-0.2, 0) is 24.0 Å². The molecular formula is C20H23FN2O2S2. The first-order chi connectivity index (χ1) is 13.0. The van der Waals surface area contributed by atoms with Crippen LogP contribution in [0.1, 0.15) is 39.7 Å². The normalized spacial score (nSPS) is 15.7. The van der Waals surface area contributed by atoms with Crippen LogP contribution in [0.2, 0.25) is 0 Å². The number of nitrogens with one attached hydrogen (secondary N) is 2. The fourth-order valence-electron chi connectivity index (χ4n) is 3.28. The molecule has 1 atom stereocenters. The monoisotopic (exact) mass is 406 g/mol. The van der Waals surface area contributed by atoms with Gasteiger partial charge in [0.25, 0.3) is 0 Å². The van der Waals surface area contributed by atoms with E-state index < -0.39 is 0 Å². The van der Waals surface area contributed by atoms with Crippen LogP contribution in [0, 0.1) is 11.7 Å². The number of hydrogen-bond donors (Lipinski definition) is 2. The van der Waals surface area contributed by atoms with E-state index in [1.807, 2.05) is 0 Å². The number of fused-ring (bicyclic) bond motifs is 1. The van der Waals surface area contributed by atoms with Crippen molar-refractivity contribution in [1.29, 1.82) is 0 Å². The smallest absolute Gasteiger partial charge is 0.341 e. The average Bonchev–Trinajstić information content (AvgIpc) is 2.99. The van der Waals surface area contributed by atoms with Gasteiger partial charge in [0.2, 0.25) is 0 Å². The molecule has 144 valence electrons. The molecule has 1 aliphatic rings. The minimum atomic E-state index is -0.321. The first-order valence-electron chi connectivity index (χ1n) is 9.00. The highest BCUT2D eigenvalue weighted by Gasteiger charge is 2.28. The van der Waals surface area contributed by atoms with Crippen molar-refractivity contribution in [2.45, 2.75) is 32.6 Å². The fourth-order valence-corrected chi connectivity index (χ4v) is 4.95. The van der Waals surface area contributed by atoms with E-state index in [0.717, 1.165) is 41.8 Å². The summed E-state index contributed by atoms with van der Waals surface area (Å²) in [6.45, 7) is 2.85. The molecule has 0 spiro atoms. The van der Waals surface area contributed by atoms with Crippen LogP contribution in [0.25, 0.3) is 0 Å². The van der Waals surface area contributed by atoms with Gasteiger partial charge in [-0.2, -0.15) is 0 Å². The van der Waals surface area contributed by atoms with Gasteiger partial charge in [0.1, 0.15) is 10.8 Å². The number of anilines is 1. The maximum absolute atomic E-state index is 13.0. The van der Waals surface area contributed by atoms with Crippen LogP contribution < -0.4 is 10.6 Å². The van der Waals surface area contributed by atoms with Gasteiger partial charge in [0, 0.05) is 11.4 Å². The quantitative estimate of drug-likeness (QED) is 0.572. The Balaban J connectivity index is 1.64. The zero-order valence-corrected chi connectivity index (χ0v) is 17.1. The van der Waals surface area contributed by atoms with E-state index in [4.69, 9.17) is 17.0 Å². The molecule has 0 bridgehead atoms. The van der Waals surface area contributed by atoms with Gasteiger partial charge in [-0.3, -0.25) is 0 Å². The van der Waals surface area contributed by atoms with Gasteiger partial charge in [-0.05, 0) is 67.1 Å². The Morgan fingerprint density at radius 2 is 2.11 bits per heavy atom. The van der Waals surface area contributed by atoms with E-state index in [1.54, 1.807) is 23.5 Å². The molecule has 2 N–H and O–H groups in total. The summed E-state index contributed by atoms with van der Waals surface area (Å²) in [5.41, 5.74) is 2.75. The standard InChI is InChI=1S/C20H23FN2O2S2/c1-12-3-8-15-16(11-12)27-18(17(15)19(24)25-2)23-20(26)22-10-9-13-4-6-14(21)7-5-13/h4-7,12H,3,8-11H2,1-2H3,(H2,22,23,26). The van der Waals surface area contributed by atoms with Crippen LogP contribution >= 0.6 is 23.6 Å². The highest BCUT2D eigenvalue weighted by Crippen LogP contribution is 2.39. The van der Waals surface area contributed by atoms with Crippen molar-refractivity contribution >= 4 is 39.6 Å². The molecule has 0 aliphatic heterocycles. The van der Waals surface area contributed by atoms with Crippen LogP contribution in [0.5, 0.6) is 0 Å². The largest absolute Gasteiger partial charge is 0.465 e. The Labute approximate surface area is 168 Å². The molecule has 1 aliphatic carbocycles. The van der Waals surface area contributed by atoms with Crippen molar-refractivity contribution in [2.75, 3.05) is 19.0 Å². The number of hydrogen-bond acceptors (Lipinski definition) is 4. The van der Waals surface area contributed by atoms with Crippen molar-refractivity contribution in [2.24, 2.45) is 5.92 Å². The average molecular weight is 407 g/mol. The number of methoxy groups -OCH3 is 1. The summed E-state index contributed by atoms with van der Waals surface area (Å²) in [7, 11) is 1.40. The summed E-state index contributed by atoms with van der Waals surface area (Å²) < 4.78 is 17.9. The lowest BCUT2D eigenvalue weighted by Gasteiger charge is -2.18. The van der Waals surface area contributed by atoms with Gasteiger partial charge >= 0.3 is 5.97 Å². The third-order valence-corrected chi connectivity index (χ3v) is 6.16. The van der Waals surface area contributed by atoms with E-state index in [-0.39, 0.29) is 11.8 Å². The summed E-state index contributed by atoms with van der Waals surface area (Å²) in [5, 5.41) is 7.54. The highest BCUT2D eigenvalue weighted by molar-refractivity contribution is 7.80.